The van der Waals surface area contributed by atoms with Crippen molar-refractivity contribution in [3.8, 4) is 0 Å². The minimum Gasteiger partial charge on any atom is -0.463 e. The molecule has 0 spiro atoms. The number of ether oxygens (including phenoxy) is 4. The molecule has 180 valence electrons. The molecule has 1 fully saturated rings. The van der Waals surface area contributed by atoms with Crippen LogP contribution in [0.5, 0.6) is 0 Å². The van der Waals surface area contributed by atoms with E-state index in [2.05, 4.69) is 9.97 Å². The van der Waals surface area contributed by atoms with Crippen molar-refractivity contribution in [1.29, 1.82) is 0 Å². The Balaban J connectivity index is 2.08. The summed E-state index contributed by atoms with van der Waals surface area (Å²) < 4.78 is 23.5. The van der Waals surface area contributed by atoms with Gasteiger partial charge in [0.05, 0.1) is 10.9 Å². The van der Waals surface area contributed by atoms with Gasteiger partial charge in [0, 0.05) is 13.8 Å². The summed E-state index contributed by atoms with van der Waals surface area (Å²) in [6, 6.07) is -0.981. The maximum absolute atomic E-state index is 12.8. The molecule has 0 aliphatic carbocycles. The molecule has 13 nitrogen and oxygen atoms in total. The first-order valence-corrected chi connectivity index (χ1v) is 10.9. The Morgan fingerprint density at radius 2 is 1.91 bits per heavy atom. The van der Waals surface area contributed by atoms with Crippen LogP contribution in [0.25, 0.3) is 10.3 Å². The van der Waals surface area contributed by atoms with E-state index in [9.17, 15) is 19.2 Å². The molecule has 0 unspecified atom stereocenters. The van der Waals surface area contributed by atoms with Gasteiger partial charge in [0.1, 0.15) is 18.8 Å². The molecule has 33 heavy (non-hydrogen) atoms. The van der Waals surface area contributed by atoms with Crippen LogP contribution in [-0.4, -0.2) is 63.4 Å². The number of esters is 3. The molecule has 2 aromatic heterocycles. The molecule has 0 aromatic carbocycles. The fourth-order valence-corrected chi connectivity index (χ4v) is 4.09. The zero-order chi connectivity index (χ0) is 24.4. The summed E-state index contributed by atoms with van der Waals surface area (Å²) in [6.07, 6.45) is -3.43. The number of nitrogens with zero attached hydrogens (tertiary/aromatic N) is 3. The number of aromatic nitrogens is 3. The molecule has 0 amide bonds. The van der Waals surface area contributed by atoms with E-state index in [4.69, 9.17) is 30.4 Å². The van der Waals surface area contributed by atoms with Gasteiger partial charge in [-0.2, -0.15) is 4.98 Å². The maximum atomic E-state index is 12.8. The highest BCUT2D eigenvalue weighted by Crippen LogP contribution is 2.36. The number of nitrogen functional groups attached to an aromatic ring is 1. The summed E-state index contributed by atoms with van der Waals surface area (Å²) in [5, 5.41) is 0. The summed E-state index contributed by atoms with van der Waals surface area (Å²) >= 11 is 0.830. The zero-order valence-corrected chi connectivity index (χ0v) is 19.2. The van der Waals surface area contributed by atoms with Crippen LogP contribution >= 0.6 is 11.3 Å². The topological polar surface area (TPSA) is 188 Å². The summed E-state index contributed by atoms with van der Waals surface area (Å²) in [5.74, 6) is -2.41. The number of nitrogens with two attached hydrogens (primary N) is 2. The lowest BCUT2D eigenvalue weighted by molar-refractivity contribution is -0.169. The molecule has 1 aliphatic rings. The largest absolute Gasteiger partial charge is 0.463 e. The number of fused-ring (bicyclic) bond motifs is 1. The van der Waals surface area contributed by atoms with E-state index in [0.29, 0.717) is 4.70 Å². The molecule has 0 bridgehead atoms. The van der Waals surface area contributed by atoms with E-state index in [-0.39, 0.29) is 24.1 Å². The first kappa shape index (κ1) is 24.5. The van der Waals surface area contributed by atoms with Crippen molar-refractivity contribution >= 4 is 45.5 Å². The third-order valence-electron chi connectivity index (χ3n) is 4.91. The Bertz CT molecular complexity index is 1120. The van der Waals surface area contributed by atoms with Crippen LogP contribution in [-0.2, 0) is 33.3 Å². The van der Waals surface area contributed by atoms with Gasteiger partial charge in [0.25, 0.3) is 0 Å². The molecular formula is C19H25N5O8S. The molecule has 4 N–H and O–H groups in total. The van der Waals surface area contributed by atoms with Gasteiger partial charge in [-0.3, -0.25) is 23.7 Å². The van der Waals surface area contributed by atoms with Crippen molar-refractivity contribution in [2.24, 2.45) is 11.7 Å². The van der Waals surface area contributed by atoms with Gasteiger partial charge in [0.15, 0.2) is 24.1 Å². The van der Waals surface area contributed by atoms with Crippen molar-refractivity contribution < 1.29 is 33.3 Å². The van der Waals surface area contributed by atoms with Crippen molar-refractivity contribution in [2.45, 2.75) is 58.3 Å². The number of carbonyl (C=O) groups is 3. The quantitative estimate of drug-likeness (QED) is 0.388. The molecule has 3 heterocycles. The predicted octanol–water partition coefficient (Wildman–Crippen LogP) is -0.277. The SMILES string of the molecule is CC(=O)OC[C@H]1O[C@@H](n2c(=O)sc3cnc(N)nc32)[C@H](OC(=O)[C@@H](N)C(C)C)[C@H]1OC(C)=O. The highest BCUT2D eigenvalue weighted by molar-refractivity contribution is 7.16. The molecule has 0 saturated carbocycles. The Kier molecular flexibility index (Phi) is 7.29. The fraction of sp³-hybridized carbons (Fsp3) is 0.579. The smallest absolute Gasteiger partial charge is 0.323 e. The molecule has 14 heteroatoms. The van der Waals surface area contributed by atoms with Crippen LogP contribution in [0.3, 0.4) is 0 Å². The van der Waals surface area contributed by atoms with E-state index in [1.807, 2.05) is 0 Å². The lowest BCUT2D eigenvalue weighted by Gasteiger charge is -2.26. The molecule has 3 rings (SSSR count). The van der Waals surface area contributed by atoms with E-state index >= 15 is 0 Å². The monoisotopic (exact) mass is 483 g/mol. The van der Waals surface area contributed by atoms with Gasteiger partial charge in [-0.05, 0) is 5.92 Å². The second-order valence-corrected chi connectivity index (χ2v) is 8.76. The normalized spacial score (nSPS) is 23.5. The number of thiazole rings is 1. The van der Waals surface area contributed by atoms with Crippen LogP contribution in [0, 0.1) is 5.92 Å². The second-order valence-electron chi connectivity index (χ2n) is 7.77. The molecule has 1 aliphatic heterocycles. The van der Waals surface area contributed by atoms with E-state index < -0.39 is 53.4 Å². The highest BCUT2D eigenvalue weighted by atomic mass is 32.1. The van der Waals surface area contributed by atoms with E-state index in [1.54, 1.807) is 13.8 Å². The Labute approximate surface area is 192 Å². The number of carbonyl (C=O) groups excluding carboxylic acids is 3. The van der Waals surface area contributed by atoms with Gasteiger partial charge in [-0.25, -0.2) is 4.98 Å². The predicted molar refractivity (Wildman–Crippen MR) is 115 cm³/mol. The van der Waals surface area contributed by atoms with Crippen LogP contribution in [0.2, 0.25) is 0 Å². The summed E-state index contributed by atoms with van der Waals surface area (Å²) in [7, 11) is 0. The zero-order valence-electron chi connectivity index (χ0n) is 18.4. The third-order valence-corrected chi connectivity index (χ3v) is 5.79. The highest BCUT2D eigenvalue weighted by Gasteiger charge is 2.52. The third kappa shape index (κ3) is 5.29. The van der Waals surface area contributed by atoms with Crippen molar-refractivity contribution in [2.75, 3.05) is 12.3 Å². The minimum atomic E-state index is -1.29. The molecule has 0 radical (unpaired) electrons. The number of hydrogen-bond donors (Lipinski definition) is 2. The number of rotatable bonds is 7. The minimum absolute atomic E-state index is 0.0876. The number of hydrogen-bond acceptors (Lipinski definition) is 13. The van der Waals surface area contributed by atoms with Crippen LogP contribution < -0.4 is 16.3 Å². The van der Waals surface area contributed by atoms with Gasteiger partial charge >= 0.3 is 22.8 Å². The molecule has 2 aromatic rings. The second kappa shape index (κ2) is 9.80. The van der Waals surface area contributed by atoms with Crippen LogP contribution in [0.4, 0.5) is 5.95 Å². The standard InChI is InChI=1S/C19H25N5O8S/c1-7(2)12(20)17(27)32-14-13(30-9(4)26)10(6-29-8(3)25)31-16(14)24-15-11(33-19(24)28)5-22-18(21)23-15/h5,7,10,12-14,16H,6,20H2,1-4H3,(H2,21,22,23)/t10-,12+,13+,14-,16-/m1/s1. The van der Waals surface area contributed by atoms with Crippen molar-refractivity contribution in [3.05, 3.63) is 15.9 Å². The average Bonchev–Trinajstić information content (AvgIpc) is 3.21. The Morgan fingerprint density at radius 1 is 1.21 bits per heavy atom. The van der Waals surface area contributed by atoms with Crippen LogP contribution in [0.1, 0.15) is 33.9 Å². The number of anilines is 1. The Morgan fingerprint density at radius 3 is 2.52 bits per heavy atom. The van der Waals surface area contributed by atoms with Gasteiger partial charge < -0.3 is 30.4 Å². The van der Waals surface area contributed by atoms with Crippen molar-refractivity contribution in [3.63, 3.8) is 0 Å². The van der Waals surface area contributed by atoms with E-state index in [1.165, 1.54) is 13.1 Å². The maximum Gasteiger partial charge on any atom is 0.323 e. The summed E-state index contributed by atoms with van der Waals surface area (Å²) in [6.45, 7) is 5.51. The lowest BCUT2D eigenvalue weighted by Crippen LogP contribution is -2.45. The summed E-state index contributed by atoms with van der Waals surface area (Å²) in [4.78, 5) is 56.2. The van der Waals surface area contributed by atoms with Gasteiger partial charge in [0.2, 0.25) is 5.95 Å². The van der Waals surface area contributed by atoms with Gasteiger partial charge in [-0.15, -0.1) is 0 Å². The van der Waals surface area contributed by atoms with Gasteiger partial charge in [-0.1, -0.05) is 25.2 Å². The van der Waals surface area contributed by atoms with Crippen molar-refractivity contribution in [1.82, 2.24) is 14.5 Å². The van der Waals surface area contributed by atoms with Crippen LogP contribution in [0.15, 0.2) is 11.0 Å². The molecular weight excluding hydrogens is 458 g/mol. The molecule has 1 saturated heterocycles. The summed E-state index contributed by atoms with van der Waals surface area (Å²) in [5.41, 5.74) is 11.8. The molecule has 5 atom stereocenters. The lowest BCUT2D eigenvalue weighted by atomic mass is 10.1. The van der Waals surface area contributed by atoms with E-state index in [0.717, 1.165) is 22.8 Å². The Hall–Kier alpha value is -3.10. The first-order valence-electron chi connectivity index (χ1n) is 10.0. The fourth-order valence-electron chi connectivity index (χ4n) is 3.27. The first-order chi connectivity index (χ1) is 15.5. The average molecular weight is 484 g/mol.